The minimum absolute atomic E-state index is 0.280. The van der Waals surface area contributed by atoms with Crippen molar-refractivity contribution in [3.05, 3.63) is 29.8 Å². The Hall–Kier alpha value is -1.00. The SMILES string of the molecule is CCC1CN(Cc2ccc(F)cn2)CCO1. The van der Waals surface area contributed by atoms with Crippen LogP contribution in [0.5, 0.6) is 0 Å². The maximum absolute atomic E-state index is 12.7. The number of nitrogens with zero attached hydrogens (tertiary/aromatic N) is 2. The van der Waals surface area contributed by atoms with Gasteiger partial charge in [-0.1, -0.05) is 6.92 Å². The normalized spacial score (nSPS) is 22.2. The summed E-state index contributed by atoms with van der Waals surface area (Å²) in [5.41, 5.74) is 0.915. The molecular weight excluding hydrogens is 207 g/mol. The Morgan fingerprint density at radius 3 is 3.12 bits per heavy atom. The van der Waals surface area contributed by atoms with Crippen LogP contribution in [0.3, 0.4) is 0 Å². The van der Waals surface area contributed by atoms with E-state index in [9.17, 15) is 4.39 Å². The fraction of sp³-hybridized carbons (Fsp3) is 0.583. The zero-order valence-electron chi connectivity index (χ0n) is 9.53. The van der Waals surface area contributed by atoms with Crippen molar-refractivity contribution in [2.24, 2.45) is 0 Å². The summed E-state index contributed by atoms with van der Waals surface area (Å²) in [4.78, 5) is 6.37. The molecule has 0 radical (unpaired) electrons. The summed E-state index contributed by atoms with van der Waals surface area (Å²) in [7, 11) is 0. The summed E-state index contributed by atoms with van der Waals surface area (Å²) >= 11 is 0. The molecule has 0 aromatic carbocycles. The lowest BCUT2D eigenvalue weighted by molar-refractivity contribution is -0.0328. The second-order valence-corrected chi connectivity index (χ2v) is 4.10. The fourth-order valence-corrected chi connectivity index (χ4v) is 1.90. The first-order valence-corrected chi connectivity index (χ1v) is 5.72. The van der Waals surface area contributed by atoms with Crippen molar-refractivity contribution >= 4 is 0 Å². The molecule has 2 rings (SSSR count). The third kappa shape index (κ3) is 3.00. The Bertz CT molecular complexity index is 328. The number of pyridine rings is 1. The number of halogens is 1. The van der Waals surface area contributed by atoms with Gasteiger partial charge in [0.15, 0.2) is 0 Å². The van der Waals surface area contributed by atoms with Crippen molar-refractivity contribution < 1.29 is 9.13 Å². The van der Waals surface area contributed by atoms with Gasteiger partial charge in [-0.3, -0.25) is 9.88 Å². The molecule has 0 amide bonds. The van der Waals surface area contributed by atoms with E-state index in [1.54, 1.807) is 6.07 Å². The molecule has 3 nitrogen and oxygen atoms in total. The molecular formula is C12H17FN2O. The van der Waals surface area contributed by atoms with Crippen molar-refractivity contribution in [1.29, 1.82) is 0 Å². The molecule has 0 aliphatic carbocycles. The highest BCUT2D eigenvalue weighted by Crippen LogP contribution is 2.11. The first-order valence-electron chi connectivity index (χ1n) is 5.72. The molecule has 1 aromatic heterocycles. The maximum atomic E-state index is 12.7. The molecule has 88 valence electrons. The summed E-state index contributed by atoms with van der Waals surface area (Å²) in [5, 5.41) is 0. The molecule has 0 spiro atoms. The van der Waals surface area contributed by atoms with E-state index in [0.29, 0.717) is 6.10 Å². The van der Waals surface area contributed by atoms with Gasteiger partial charge in [0, 0.05) is 19.6 Å². The predicted molar refractivity (Wildman–Crippen MR) is 59.5 cm³/mol. The van der Waals surface area contributed by atoms with Crippen LogP contribution in [0.2, 0.25) is 0 Å². The summed E-state index contributed by atoms with van der Waals surface area (Å²) in [6.45, 7) is 5.55. The van der Waals surface area contributed by atoms with Crippen molar-refractivity contribution in [2.75, 3.05) is 19.7 Å². The van der Waals surface area contributed by atoms with Crippen molar-refractivity contribution in [2.45, 2.75) is 26.0 Å². The highest BCUT2D eigenvalue weighted by molar-refractivity contribution is 5.05. The van der Waals surface area contributed by atoms with Crippen LogP contribution in [0.25, 0.3) is 0 Å². The Morgan fingerprint density at radius 1 is 1.56 bits per heavy atom. The van der Waals surface area contributed by atoms with Crippen LogP contribution in [0.4, 0.5) is 4.39 Å². The zero-order chi connectivity index (χ0) is 11.4. The van der Waals surface area contributed by atoms with E-state index in [0.717, 1.165) is 38.4 Å². The average Bonchev–Trinajstić information content (AvgIpc) is 2.32. The second-order valence-electron chi connectivity index (χ2n) is 4.10. The Morgan fingerprint density at radius 2 is 2.44 bits per heavy atom. The van der Waals surface area contributed by atoms with E-state index >= 15 is 0 Å². The summed E-state index contributed by atoms with van der Waals surface area (Å²) in [6, 6.07) is 3.20. The number of hydrogen-bond donors (Lipinski definition) is 0. The second kappa shape index (κ2) is 5.37. The first-order chi connectivity index (χ1) is 7.78. The number of rotatable bonds is 3. The first kappa shape index (κ1) is 11.5. The van der Waals surface area contributed by atoms with Gasteiger partial charge in [-0.25, -0.2) is 4.39 Å². The van der Waals surface area contributed by atoms with Crippen LogP contribution in [-0.4, -0.2) is 35.7 Å². The summed E-state index contributed by atoms with van der Waals surface area (Å²) in [6.07, 6.45) is 2.63. The molecule has 1 aliphatic rings. The van der Waals surface area contributed by atoms with Crippen molar-refractivity contribution in [3.8, 4) is 0 Å². The standard InChI is InChI=1S/C12H17FN2O/c1-2-12-9-15(5-6-16-12)8-11-4-3-10(13)7-14-11/h3-4,7,12H,2,5-6,8-9H2,1H3. The monoisotopic (exact) mass is 224 g/mol. The fourth-order valence-electron chi connectivity index (χ4n) is 1.90. The van der Waals surface area contributed by atoms with Gasteiger partial charge < -0.3 is 4.74 Å². The zero-order valence-corrected chi connectivity index (χ0v) is 9.53. The molecule has 0 N–H and O–H groups in total. The molecule has 1 aliphatic heterocycles. The minimum Gasteiger partial charge on any atom is -0.376 e. The molecule has 1 saturated heterocycles. The Kier molecular flexibility index (Phi) is 3.85. The van der Waals surface area contributed by atoms with Gasteiger partial charge in [-0.05, 0) is 18.6 Å². The molecule has 0 saturated carbocycles. The van der Waals surface area contributed by atoms with Gasteiger partial charge in [0.25, 0.3) is 0 Å². The van der Waals surface area contributed by atoms with E-state index in [-0.39, 0.29) is 5.82 Å². The lowest BCUT2D eigenvalue weighted by Gasteiger charge is -2.32. The largest absolute Gasteiger partial charge is 0.376 e. The topological polar surface area (TPSA) is 25.4 Å². The van der Waals surface area contributed by atoms with Crippen LogP contribution >= 0.6 is 0 Å². The molecule has 1 unspecified atom stereocenters. The van der Waals surface area contributed by atoms with Crippen molar-refractivity contribution in [3.63, 3.8) is 0 Å². The lowest BCUT2D eigenvalue weighted by Crippen LogP contribution is -2.41. The van der Waals surface area contributed by atoms with E-state index in [1.165, 1.54) is 12.3 Å². The minimum atomic E-state index is -0.280. The molecule has 0 bridgehead atoms. The van der Waals surface area contributed by atoms with Gasteiger partial charge >= 0.3 is 0 Å². The third-order valence-electron chi connectivity index (χ3n) is 2.85. The van der Waals surface area contributed by atoms with E-state index in [4.69, 9.17) is 4.74 Å². The Labute approximate surface area is 95.2 Å². The third-order valence-corrected chi connectivity index (χ3v) is 2.85. The van der Waals surface area contributed by atoms with Crippen LogP contribution in [0.1, 0.15) is 19.0 Å². The van der Waals surface area contributed by atoms with Gasteiger partial charge in [-0.15, -0.1) is 0 Å². The van der Waals surface area contributed by atoms with Gasteiger partial charge in [-0.2, -0.15) is 0 Å². The molecule has 4 heteroatoms. The van der Waals surface area contributed by atoms with Crippen molar-refractivity contribution in [1.82, 2.24) is 9.88 Å². The van der Waals surface area contributed by atoms with E-state index in [1.807, 2.05) is 0 Å². The number of aromatic nitrogens is 1. The quantitative estimate of drug-likeness (QED) is 0.783. The molecule has 2 heterocycles. The highest BCUT2D eigenvalue weighted by atomic mass is 19.1. The van der Waals surface area contributed by atoms with Gasteiger partial charge in [0.05, 0.1) is 24.6 Å². The van der Waals surface area contributed by atoms with Gasteiger partial charge in [0.2, 0.25) is 0 Å². The Balaban J connectivity index is 1.91. The molecule has 16 heavy (non-hydrogen) atoms. The average molecular weight is 224 g/mol. The molecule has 1 atom stereocenters. The maximum Gasteiger partial charge on any atom is 0.141 e. The van der Waals surface area contributed by atoms with Crippen LogP contribution in [0, 0.1) is 5.82 Å². The lowest BCUT2D eigenvalue weighted by atomic mass is 10.2. The van der Waals surface area contributed by atoms with Crippen LogP contribution < -0.4 is 0 Å². The smallest absolute Gasteiger partial charge is 0.141 e. The number of hydrogen-bond acceptors (Lipinski definition) is 3. The summed E-state index contributed by atoms with van der Waals surface area (Å²) < 4.78 is 18.3. The van der Waals surface area contributed by atoms with Gasteiger partial charge in [0.1, 0.15) is 5.82 Å². The van der Waals surface area contributed by atoms with E-state index in [2.05, 4.69) is 16.8 Å². The highest BCUT2D eigenvalue weighted by Gasteiger charge is 2.18. The number of ether oxygens (including phenoxy) is 1. The predicted octanol–water partition coefficient (Wildman–Crippen LogP) is 1.83. The van der Waals surface area contributed by atoms with Crippen LogP contribution in [-0.2, 0) is 11.3 Å². The molecule has 1 aromatic rings. The molecule has 1 fully saturated rings. The van der Waals surface area contributed by atoms with E-state index < -0.39 is 0 Å². The van der Waals surface area contributed by atoms with Crippen LogP contribution in [0.15, 0.2) is 18.3 Å². The number of morpholine rings is 1. The summed E-state index contributed by atoms with van der Waals surface area (Å²) in [5.74, 6) is -0.280.